The minimum Gasteiger partial charge on any atom is -0.422 e. The second kappa shape index (κ2) is 6.26. The van der Waals surface area contributed by atoms with E-state index in [1.165, 1.54) is 5.56 Å². The Bertz CT molecular complexity index is 853. The van der Waals surface area contributed by atoms with Crippen molar-refractivity contribution in [1.29, 1.82) is 0 Å². The fourth-order valence-corrected chi connectivity index (χ4v) is 2.19. The Hall–Kier alpha value is -2.59. The molecule has 0 radical (unpaired) electrons. The number of ether oxygens (including phenoxy) is 1. The average molecular weight is 328 g/mol. The molecular formula is C18H14ClNO3. The molecule has 0 aliphatic carbocycles. The predicted octanol–water partition coefficient (Wildman–Crippen LogP) is 4.83. The van der Waals surface area contributed by atoms with Gasteiger partial charge in [0.05, 0.1) is 0 Å². The number of nitrogens with zero attached hydrogens (tertiary/aromatic N) is 1. The molecule has 0 atom stereocenters. The molecule has 1 aromatic heterocycles. The van der Waals surface area contributed by atoms with Crippen LogP contribution >= 0.6 is 11.6 Å². The number of halogens is 1. The van der Waals surface area contributed by atoms with Crippen LogP contribution in [-0.2, 0) is 0 Å². The van der Waals surface area contributed by atoms with E-state index in [9.17, 15) is 4.79 Å². The summed E-state index contributed by atoms with van der Waals surface area (Å²) >= 11 is 5.79. The predicted molar refractivity (Wildman–Crippen MR) is 87.8 cm³/mol. The number of aromatic nitrogens is 1. The maximum Gasteiger partial charge on any atom is 0.365 e. The van der Waals surface area contributed by atoms with Gasteiger partial charge < -0.3 is 9.26 Å². The van der Waals surface area contributed by atoms with E-state index in [0.717, 1.165) is 11.1 Å². The zero-order valence-corrected chi connectivity index (χ0v) is 13.4. The summed E-state index contributed by atoms with van der Waals surface area (Å²) in [5.41, 5.74) is 3.32. The van der Waals surface area contributed by atoms with Crippen LogP contribution in [0.15, 0.2) is 53.1 Å². The van der Waals surface area contributed by atoms with Crippen LogP contribution in [0.2, 0.25) is 5.02 Å². The standard InChI is InChI=1S/C18H14ClNO3/c1-11-3-4-13(9-12(11)2)17-10-16(20-23-17)18(21)22-15-7-5-14(19)6-8-15/h3-10H,1-2H3. The Morgan fingerprint density at radius 3 is 2.48 bits per heavy atom. The third-order valence-corrected chi connectivity index (χ3v) is 3.79. The second-order valence-electron chi connectivity index (χ2n) is 5.22. The van der Waals surface area contributed by atoms with Crippen molar-refractivity contribution >= 4 is 17.6 Å². The molecule has 116 valence electrons. The van der Waals surface area contributed by atoms with Gasteiger partial charge in [-0.2, -0.15) is 0 Å². The van der Waals surface area contributed by atoms with E-state index >= 15 is 0 Å². The summed E-state index contributed by atoms with van der Waals surface area (Å²) in [6.45, 7) is 4.05. The summed E-state index contributed by atoms with van der Waals surface area (Å²) in [6, 6.07) is 14.0. The maximum atomic E-state index is 12.1. The second-order valence-corrected chi connectivity index (χ2v) is 5.66. The van der Waals surface area contributed by atoms with Crippen LogP contribution in [0.5, 0.6) is 5.75 Å². The zero-order chi connectivity index (χ0) is 16.4. The molecular weight excluding hydrogens is 314 g/mol. The fraction of sp³-hybridized carbons (Fsp3) is 0.111. The quantitative estimate of drug-likeness (QED) is 0.510. The van der Waals surface area contributed by atoms with Crippen LogP contribution in [-0.4, -0.2) is 11.1 Å². The summed E-state index contributed by atoms with van der Waals surface area (Å²) in [5.74, 6) is 0.345. The Labute approximate surface area is 138 Å². The summed E-state index contributed by atoms with van der Waals surface area (Å²) in [5, 5.41) is 4.36. The van der Waals surface area contributed by atoms with Crippen molar-refractivity contribution in [3.8, 4) is 17.1 Å². The van der Waals surface area contributed by atoms with Crippen LogP contribution < -0.4 is 4.74 Å². The number of benzene rings is 2. The van der Waals surface area contributed by atoms with Crippen molar-refractivity contribution in [2.24, 2.45) is 0 Å². The first kappa shape index (κ1) is 15.3. The highest BCUT2D eigenvalue weighted by Crippen LogP contribution is 2.24. The monoisotopic (exact) mass is 327 g/mol. The molecule has 0 bridgehead atoms. The molecule has 0 unspecified atom stereocenters. The van der Waals surface area contributed by atoms with E-state index in [1.54, 1.807) is 30.3 Å². The van der Waals surface area contributed by atoms with Gasteiger partial charge in [-0.25, -0.2) is 4.79 Å². The third kappa shape index (κ3) is 3.43. The van der Waals surface area contributed by atoms with Crippen molar-refractivity contribution in [2.45, 2.75) is 13.8 Å². The molecule has 0 saturated carbocycles. The molecule has 3 aromatic rings. The molecule has 3 rings (SSSR count). The Kier molecular flexibility index (Phi) is 4.17. The van der Waals surface area contributed by atoms with Gasteiger partial charge in [0.2, 0.25) is 0 Å². The fourth-order valence-electron chi connectivity index (χ4n) is 2.06. The summed E-state index contributed by atoms with van der Waals surface area (Å²) < 4.78 is 10.5. The Morgan fingerprint density at radius 2 is 1.78 bits per heavy atom. The normalized spacial score (nSPS) is 10.6. The lowest BCUT2D eigenvalue weighted by Crippen LogP contribution is -2.08. The first-order valence-corrected chi connectivity index (χ1v) is 7.43. The smallest absolute Gasteiger partial charge is 0.365 e. The number of carbonyl (C=O) groups is 1. The highest BCUT2D eigenvalue weighted by molar-refractivity contribution is 6.30. The van der Waals surface area contributed by atoms with Crippen molar-refractivity contribution in [1.82, 2.24) is 5.16 Å². The van der Waals surface area contributed by atoms with Crippen LogP contribution in [0, 0.1) is 13.8 Å². The Balaban J connectivity index is 1.79. The van der Waals surface area contributed by atoms with Crippen LogP contribution in [0.25, 0.3) is 11.3 Å². The lowest BCUT2D eigenvalue weighted by molar-refractivity contribution is 0.0724. The van der Waals surface area contributed by atoms with Gasteiger partial charge in [-0.3, -0.25) is 0 Å². The van der Waals surface area contributed by atoms with Gasteiger partial charge in [-0.05, 0) is 55.3 Å². The largest absolute Gasteiger partial charge is 0.422 e. The molecule has 0 N–H and O–H groups in total. The zero-order valence-electron chi connectivity index (χ0n) is 12.7. The van der Waals surface area contributed by atoms with Gasteiger partial charge in [-0.15, -0.1) is 0 Å². The van der Waals surface area contributed by atoms with Gasteiger partial charge in [0, 0.05) is 16.7 Å². The van der Waals surface area contributed by atoms with Crippen molar-refractivity contribution in [3.63, 3.8) is 0 Å². The van der Waals surface area contributed by atoms with Crippen LogP contribution in [0.3, 0.4) is 0 Å². The van der Waals surface area contributed by atoms with Gasteiger partial charge in [0.25, 0.3) is 0 Å². The first-order chi connectivity index (χ1) is 11.0. The molecule has 0 saturated heterocycles. The minimum absolute atomic E-state index is 0.119. The molecule has 0 fully saturated rings. The summed E-state index contributed by atoms with van der Waals surface area (Å²) in [7, 11) is 0. The first-order valence-electron chi connectivity index (χ1n) is 7.05. The highest BCUT2D eigenvalue weighted by atomic mass is 35.5. The van der Waals surface area contributed by atoms with E-state index in [4.69, 9.17) is 20.9 Å². The number of aryl methyl sites for hydroxylation is 2. The van der Waals surface area contributed by atoms with Crippen molar-refractivity contribution in [3.05, 3.63) is 70.4 Å². The van der Waals surface area contributed by atoms with E-state index in [1.807, 2.05) is 32.0 Å². The topological polar surface area (TPSA) is 52.3 Å². The number of rotatable bonds is 3. The molecule has 5 heteroatoms. The highest BCUT2D eigenvalue weighted by Gasteiger charge is 2.16. The molecule has 1 heterocycles. The maximum absolute atomic E-state index is 12.1. The SMILES string of the molecule is Cc1ccc(-c2cc(C(=O)Oc3ccc(Cl)cc3)no2)cc1C. The lowest BCUT2D eigenvalue weighted by Gasteiger charge is -2.01. The van der Waals surface area contributed by atoms with Gasteiger partial charge in [-0.1, -0.05) is 28.9 Å². The number of carbonyl (C=O) groups excluding carboxylic acids is 1. The van der Waals surface area contributed by atoms with Gasteiger partial charge in [0.1, 0.15) is 5.75 Å². The molecule has 2 aromatic carbocycles. The molecule has 0 amide bonds. The molecule has 0 aliphatic heterocycles. The average Bonchev–Trinajstić information content (AvgIpc) is 3.02. The van der Waals surface area contributed by atoms with E-state index in [0.29, 0.717) is 16.5 Å². The van der Waals surface area contributed by atoms with Crippen LogP contribution in [0.1, 0.15) is 21.6 Å². The molecule has 4 nitrogen and oxygen atoms in total. The van der Waals surface area contributed by atoms with Crippen molar-refractivity contribution in [2.75, 3.05) is 0 Å². The number of hydrogen-bond acceptors (Lipinski definition) is 4. The minimum atomic E-state index is -0.578. The van der Waals surface area contributed by atoms with Crippen LogP contribution in [0.4, 0.5) is 0 Å². The number of hydrogen-bond donors (Lipinski definition) is 0. The van der Waals surface area contributed by atoms with Gasteiger partial charge >= 0.3 is 5.97 Å². The Morgan fingerprint density at radius 1 is 1.04 bits per heavy atom. The molecule has 0 spiro atoms. The summed E-state index contributed by atoms with van der Waals surface area (Å²) in [6.07, 6.45) is 0. The van der Waals surface area contributed by atoms with E-state index in [-0.39, 0.29) is 5.69 Å². The number of esters is 1. The molecule has 0 aliphatic rings. The lowest BCUT2D eigenvalue weighted by atomic mass is 10.0. The van der Waals surface area contributed by atoms with Gasteiger partial charge in [0.15, 0.2) is 11.5 Å². The van der Waals surface area contributed by atoms with Crippen molar-refractivity contribution < 1.29 is 14.1 Å². The summed E-state index contributed by atoms with van der Waals surface area (Å²) in [4.78, 5) is 12.1. The third-order valence-electron chi connectivity index (χ3n) is 3.53. The van der Waals surface area contributed by atoms with E-state index < -0.39 is 5.97 Å². The molecule has 23 heavy (non-hydrogen) atoms. The van der Waals surface area contributed by atoms with E-state index in [2.05, 4.69) is 5.16 Å².